The minimum Gasteiger partial charge on any atom is -0.497 e. The zero-order valence-electron chi connectivity index (χ0n) is 10.4. The highest BCUT2D eigenvalue weighted by molar-refractivity contribution is 7.89. The highest BCUT2D eigenvalue weighted by Gasteiger charge is 2.33. The van der Waals surface area contributed by atoms with Crippen LogP contribution in [0.4, 0.5) is 0 Å². The summed E-state index contributed by atoms with van der Waals surface area (Å²) in [5, 5.41) is 27.3. The van der Waals surface area contributed by atoms with Gasteiger partial charge in [-0.1, -0.05) is 0 Å². The van der Waals surface area contributed by atoms with Crippen LogP contribution >= 0.6 is 0 Å². The zero-order valence-corrected chi connectivity index (χ0v) is 11.2. The van der Waals surface area contributed by atoms with Crippen LogP contribution < -0.4 is 9.46 Å². The van der Waals surface area contributed by atoms with Gasteiger partial charge in [-0.05, 0) is 24.3 Å². The third kappa shape index (κ3) is 3.64. The van der Waals surface area contributed by atoms with Crippen molar-refractivity contribution in [3.63, 3.8) is 0 Å². The number of hydrogen-bond donors (Lipinski definition) is 4. The van der Waals surface area contributed by atoms with Gasteiger partial charge in [0.25, 0.3) is 0 Å². The smallest absolute Gasteiger partial charge is 0.241 e. The number of nitrogens with one attached hydrogen (secondary N) is 1. The summed E-state index contributed by atoms with van der Waals surface area (Å²) in [6.07, 6.45) is 0. The summed E-state index contributed by atoms with van der Waals surface area (Å²) in [7, 11) is -2.51. The van der Waals surface area contributed by atoms with Gasteiger partial charge in [0.05, 0.1) is 31.8 Å². The predicted molar refractivity (Wildman–Crippen MR) is 67.3 cm³/mol. The second kappa shape index (κ2) is 6.31. The number of hydrogen-bond acceptors (Lipinski definition) is 6. The van der Waals surface area contributed by atoms with Crippen LogP contribution in [0.25, 0.3) is 0 Å². The Labute approximate surface area is 111 Å². The monoisotopic (exact) mass is 291 g/mol. The molecule has 0 atom stereocenters. The Hall–Kier alpha value is -1.19. The molecule has 0 radical (unpaired) electrons. The molecule has 7 nitrogen and oxygen atoms in total. The summed E-state index contributed by atoms with van der Waals surface area (Å²) < 4.78 is 31.1. The molecule has 1 rings (SSSR count). The standard InChI is InChI=1S/C11H17NO6S/c1-18-9-2-4-10(5-3-9)19(16,17)12-11(6-13,7-14)8-15/h2-5,12-15H,6-8H2,1H3. The summed E-state index contributed by atoms with van der Waals surface area (Å²) in [4.78, 5) is -0.0620. The fraction of sp³-hybridized carbons (Fsp3) is 0.455. The maximum atomic E-state index is 12.0. The topological polar surface area (TPSA) is 116 Å². The fourth-order valence-electron chi connectivity index (χ4n) is 1.35. The first-order valence-electron chi connectivity index (χ1n) is 5.43. The number of methoxy groups -OCH3 is 1. The van der Waals surface area contributed by atoms with Gasteiger partial charge in [-0.25, -0.2) is 8.42 Å². The minimum absolute atomic E-state index is 0.0620. The van der Waals surface area contributed by atoms with E-state index in [9.17, 15) is 8.42 Å². The van der Waals surface area contributed by atoms with E-state index in [1.165, 1.54) is 31.4 Å². The van der Waals surface area contributed by atoms with E-state index < -0.39 is 35.4 Å². The predicted octanol–water partition coefficient (Wildman–Crippen LogP) is -1.31. The van der Waals surface area contributed by atoms with Gasteiger partial charge in [0.2, 0.25) is 10.0 Å². The van der Waals surface area contributed by atoms with E-state index >= 15 is 0 Å². The molecule has 0 aromatic heterocycles. The van der Waals surface area contributed by atoms with Crippen molar-refractivity contribution in [2.24, 2.45) is 0 Å². The Bertz CT molecular complexity index is 486. The first-order valence-corrected chi connectivity index (χ1v) is 6.92. The van der Waals surface area contributed by atoms with E-state index in [-0.39, 0.29) is 4.90 Å². The first-order chi connectivity index (χ1) is 8.93. The molecule has 0 aliphatic heterocycles. The molecule has 0 saturated carbocycles. The van der Waals surface area contributed by atoms with Crippen molar-refractivity contribution in [3.05, 3.63) is 24.3 Å². The van der Waals surface area contributed by atoms with Crippen LogP contribution in [0.1, 0.15) is 0 Å². The molecule has 0 aliphatic carbocycles. The molecule has 0 unspecified atom stereocenters. The molecule has 1 aromatic carbocycles. The minimum atomic E-state index is -3.96. The summed E-state index contributed by atoms with van der Waals surface area (Å²) in [6.45, 7) is -2.18. The Morgan fingerprint density at radius 2 is 1.58 bits per heavy atom. The quantitative estimate of drug-likeness (QED) is 0.496. The number of rotatable bonds is 7. The first kappa shape index (κ1) is 15.9. The molecule has 108 valence electrons. The highest BCUT2D eigenvalue weighted by Crippen LogP contribution is 2.17. The van der Waals surface area contributed by atoms with Crippen molar-refractivity contribution in [2.45, 2.75) is 10.4 Å². The van der Waals surface area contributed by atoms with Crippen LogP contribution in [0.2, 0.25) is 0 Å². The maximum absolute atomic E-state index is 12.0. The number of benzene rings is 1. The molecule has 0 aliphatic rings. The molecule has 0 saturated heterocycles. The van der Waals surface area contributed by atoms with Crippen molar-refractivity contribution in [3.8, 4) is 5.75 Å². The van der Waals surface area contributed by atoms with Crippen LogP contribution in [0.5, 0.6) is 5.75 Å². The molecule has 19 heavy (non-hydrogen) atoms. The number of aliphatic hydroxyl groups excluding tert-OH is 3. The Morgan fingerprint density at radius 1 is 1.11 bits per heavy atom. The van der Waals surface area contributed by atoms with Gasteiger partial charge in [-0.15, -0.1) is 0 Å². The maximum Gasteiger partial charge on any atom is 0.241 e. The third-order valence-corrected chi connectivity index (χ3v) is 4.22. The molecule has 4 N–H and O–H groups in total. The summed E-state index contributed by atoms with van der Waals surface area (Å²) in [5.41, 5.74) is -1.70. The summed E-state index contributed by atoms with van der Waals surface area (Å²) in [6, 6.07) is 5.57. The van der Waals surface area contributed by atoms with E-state index in [4.69, 9.17) is 20.1 Å². The lowest BCUT2D eigenvalue weighted by molar-refractivity contribution is 0.0582. The van der Waals surface area contributed by atoms with Crippen molar-refractivity contribution in [1.82, 2.24) is 4.72 Å². The lowest BCUT2D eigenvalue weighted by atomic mass is 10.1. The highest BCUT2D eigenvalue weighted by atomic mass is 32.2. The van der Waals surface area contributed by atoms with E-state index in [0.717, 1.165) is 0 Å². The second-order valence-corrected chi connectivity index (χ2v) is 5.72. The van der Waals surface area contributed by atoms with Gasteiger partial charge >= 0.3 is 0 Å². The fourth-order valence-corrected chi connectivity index (χ4v) is 2.72. The summed E-state index contributed by atoms with van der Waals surface area (Å²) >= 11 is 0. The average Bonchev–Trinajstić information content (AvgIpc) is 2.45. The SMILES string of the molecule is COc1ccc(S(=O)(=O)NC(CO)(CO)CO)cc1. The van der Waals surface area contributed by atoms with Crippen LogP contribution in [0, 0.1) is 0 Å². The van der Waals surface area contributed by atoms with E-state index in [1.807, 2.05) is 0 Å². The van der Waals surface area contributed by atoms with E-state index in [1.54, 1.807) is 0 Å². The molecular formula is C11H17NO6S. The van der Waals surface area contributed by atoms with Crippen molar-refractivity contribution in [2.75, 3.05) is 26.9 Å². The normalized spacial score (nSPS) is 12.4. The molecule has 1 aromatic rings. The van der Waals surface area contributed by atoms with Crippen molar-refractivity contribution >= 4 is 10.0 Å². The van der Waals surface area contributed by atoms with Crippen LogP contribution in [0.3, 0.4) is 0 Å². The van der Waals surface area contributed by atoms with E-state index in [0.29, 0.717) is 5.75 Å². The molecule has 0 spiro atoms. The van der Waals surface area contributed by atoms with Gasteiger partial charge < -0.3 is 20.1 Å². The number of sulfonamides is 1. The van der Waals surface area contributed by atoms with Gasteiger partial charge in [-0.2, -0.15) is 4.72 Å². The summed E-state index contributed by atoms with van der Waals surface area (Å²) in [5.74, 6) is 0.497. The van der Waals surface area contributed by atoms with E-state index in [2.05, 4.69) is 4.72 Å². The lowest BCUT2D eigenvalue weighted by Crippen LogP contribution is -2.56. The molecule has 0 fully saturated rings. The third-order valence-electron chi connectivity index (χ3n) is 2.63. The van der Waals surface area contributed by atoms with Gasteiger partial charge in [0.1, 0.15) is 11.3 Å². The van der Waals surface area contributed by atoms with Crippen LogP contribution in [0.15, 0.2) is 29.2 Å². The lowest BCUT2D eigenvalue weighted by Gasteiger charge is -2.28. The molecule has 0 heterocycles. The average molecular weight is 291 g/mol. The van der Waals surface area contributed by atoms with Gasteiger partial charge in [0, 0.05) is 0 Å². The van der Waals surface area contributed by atoms with Gasteiger partial charge in [-0.3, -0.25) is 0 Å². The molecule has 0 amide bonds. The van der Waals surface area contributed by atoms with Gasteiger partial charge in [0.15, 0.2) is 0 Å². The van der Waals surface area contributed by atoms with Crippen molar-refractivity contribution < 1.29 is 28.5 Å². The Morgan fingerprint density at radius 3 is 1.95 bits per heavy atom. The molecule has 0 bridgehead atoms. The molecular weight excluding hydrogens is 274 g/mol. The number of aliphatic hydroxyl groups is 3. The Kier molecular flexibility index (Phi) is 5.27. The largest absolute Gasteiger partial charge is 0.497 e. The van der Waals surface area contributed by atoms with Crippen molar-refractivity contribution in [1.29, 1.82) is 0 Å². The van der Waals surface area contributed by atoms with Crippen LogP contribution in [-0.4, -0.2) is 56.2 Å². The number of ether oxygens (including phenoxy) is 1. The second-order valence-electron chi connectivity index (χ2n) is 4.04. The van der Waals surface area contributed by atoms with Crippen LogP contribution in [-0.2, 0) is 10.0 Å². The molecule has 8 heteroatoms. The Balaban J connectivity index is 3.03. The zero-order chi connectivity index (χ0) is 14.5.